The molecule has 1 aliphatic carbocycles. The van der Waals surface area contributed by atoms with Gasteiger partial charge in [-0.25, -0.2) is 4.79 Å². The van der Waals surface area contributed by atoms with Gasteiger partial charge in [-0.1, -0.05) is 18.2 Å². The molecule has 25 heavy (non-hydrogen) atoms. The van der Waals surface area contributed by atoms with Gasteiger partial charge in [0, 0.05) is 5.92 Å². The first-order valence-corrected chi connectivity index (χ1v) is 9.06. The van der Waals surface area contributed by atoms with E-state index in [9.17, 15) is 9.59 Å². The summed E-state index contributed by atoms with van der Waals surface area (Å²) in [4.78, 5) is 24.3. The molecule has 1 saturated carbocycles. The number of carbonyl (C=O) groups is 2. The van der Waals surface area contributed by atoms with E-state index in [1.807, 2.05) is 32.0 Å². The van der Waals surface area contributed by atoms with Crippen LogP contribution in [0.25, 0.3) is 0 Å². The van der Waals surface area contributed by atoms with Crippen molar-refractivity contribution in [1.82, 2.24) is 0 Å². The highest BCUT2D eigenvalue weighted by Crippen LogP contribution is 2.56. The van der Waals surface area contributed by atoms with Crippen molar-refractivity contribution in [3.8, 4) is 0 Å². The Balaban J connectivity index is 1.54. The number of hydrogen-bond donors (Lipinski definition) is 0. The average Bonchev–Trinajstić information content (AvgIpc) is 2.86. The number of carbonyl (C=O) groups excluding carboxylic acids is 2. The summed E-state index contributed by atoms with van der Waals surface area (Å²) in [6.45, 7) is 4.10. The van der Waals surface area contributed by atoms with E-state index in [-0.39, 0.29) is 30.1 Å². The molecule has 0 unspecified atom stereocenters. The van der Waals surface area contributed by atoms with Gasteiger partial charge >= 0.3 is 11.9 Å². The van der Waals surface area contributed by atoms with E-state index in [2.05, 4.69) is 0 Å². The van der Waals surface area contributed by atoms with Gasteiger partial charge in [0.25, 0.3) is 0 Å². The number of benzene rings is 1. The Hall–Kier alpha value is -1.88. The fourth-order valence-electron chi connectivity index (χ4n) is 4.87. The number of hydrogen-bond acceptors (Lipinski definition) is 5. The molecule has 2 aliphatic heterocycles. The zero-order valence-electron chi connectivity index (χ0n) is 14.7. The van der Waals surface area contributed by atoms with E-state index in [1.165, 1.54) is 0 Å². The van der Waals surface area contributed by atoms with Crippen LogP contribution in [0.2, 0.25) is 0 Å². The molecule has 4 rings (SSSR count). The highest BCUT2D eigenvalue weighted by Gasteiger charge is 2.66. The standard InChI is InChI=1S/C20H24O5/c1-19(2)15-11-14(23-18(22)13-7-4-3-5-8-13)9-6-10-20(15)16(24-19)12-17(21)25-20/h3-5,7-8,14-16H,6,9-12H2,1-2H3/t14-,15+,16+,20+/m0/s1. The summed E-state index contributed by atoms with van der Waals surface area (Å²) >= 11 is 0. The largest absolute Gasteiger partial charge is 0.459 e. The Morgan fingerprint density at radius 3 is 2.76 bits per heavy atom. The molecule has 134 valence electrons. The molecule has 4 atom stereocenters. The molecule has 1 aromatic carbocycles. The van der Waals surface area contributed by atoms with Gasteiger partial charge in [-0.05, 0) is 51.7 Å². The molecule has 5 heteroatoms. The zero-order valence-corrected chi connectivity index (χ0v) is 14.7. The van der Waals surface area contributed by atoms with Crippen LogP contribution >= 0.6 is 0 Å². The van der Waals surface area contributed by atoms with Gasteiger partial charge in [0.05, 0.1) is 17.6 Å². The summed E-state index contributed by atoms with van der Waals surface area (Å²) < 4.78 is 17.8. The third kappa shape index (κ3) is 2.74. The van der Waals surface area contributed by atoms with E-state index in [4.69, 9.17) is 14.2 Å². The van der Waals surface area contributed by atoms with E-state index in [0.29, 0.717) is 18.4 Å². The minimum atomic E-state index is -0.547. The molecule has 0 N–H and O–H groups in total. The normalized spacial score (nSPS) is 36.1. The Morgan fingerprint density at radius 1 is 1.24 bits per heavy atom. The predicted octanol–water partition coefficient (Wildman–Crippen LogP) is 3.27. The molecule has 0 aromatic heterocycles. The molecule has 1 aromatic rings. The SMILES string of the molecule is CC1(C)O[C@@H]2CC(=O)O[C@@]23CCC[C@H](OC(=O)c2ccccc2)C[C@H]13. The Morgan fingerprint density at radius 2 is 2.00 bits per heavy atom. The smallest absolute Gasteiger partial charge is 0.338 e. The van der Waals surface area contributed by atoms with Crippen LogP contribution < -0.4 is 0 Å². The lowest BCUT2D eigenvalue weighted by molar-refractivity contribution is -0.154. The maximum Gasteiger partial charge on any atom is 0.338 e. The van der Waals surface area contributed by atoms with Crippen LogP contribution in [0.3, 0.4) is 0 Å². The average molecular weight is 344 g/mol. The highest BCUT2D eigenvalue weighted by molar-refractivity contribution is 5.89. The first kappa shape index (κ1) is 16.6. The van der Waals surface area contributed by atoms with E-state index >= 15 is 0 Å². The van der Waals surface area contributed by atoms with Gasteiger partial charge in [0.2, 0.25) is 0 Å². The lowest BCUT2D eigenvalue weighted by Gasteiger charge is -2.35. The summed E-state index contributed by atoms with van der Waals surface area (Å²) in [5.41, 5.74) is -0.379. The third-order valence-electron chi connectivity index (χ3n) is 5.95. The first-order chi connectivity index (χ1) is 11.9. The molecule has 2 saturated heterocycles. The summed E-state index contributed by atoms with van der Waals surface area (Å²) in [6, 6.07) is 9.05. The van der Waals surface area contributed by atoms with Crippen LogP contribution in [0.5, 0.6) is 0 Å². The van der Waals surface area contributed by atoms with Gasteiger partial charge < -0.3 is 14.2 Å². The monoisotopic (exact) mass is 344 g/mol. The lowest BCUT2D eigenvalue weighted by Crippen LogP contribution is -2.45. The molecule has 0 amide bonds. The van der Waals surface area contributed by atoms with Crippen LogP contribution in [0.4, 0.5) is 0 Å². The molecule has 5 nitrogen and oxygen atoms in total. The summed E-state index contributed by atoms with van der Waals surface area (Å²) in [5.74, 6) is -0.434. The third-order valence-corrected chi connectivity index (χ3v) is 5.95. The number of rotatable bonds is 2. The van der Waals surface area contributed by atoms with Crippen LogP contribution in [-0.2, 0) is 19.0 Å². The number of esters is 2. The first-order valence-electron chi connectivity index (χ1n) is 9.06. The highest BCUT2D eigenvalue weighted by atomic mass is 16.6. The van der Waals surface area contributed by atoms with Crippen molar-refractivity contribution in [2.45, 2.75) is 69.4 Å². The molecule has 1 spiro atoms. The van der Waals surface area contributed by atoms with Gasteiger partial charge in [0.15, 0.2) is 0 Å². The second-order valence-corrected chi connectivity index (χ2v) is 7.92. The van der Waals surface area contributed by atoms with Crippen LogP contribution in [0.1, 0.15) is 56.3 Å². The van der Waals surface area contributed by atoms with Crippen molar-refractivity contribution >= 4 is 11.9 Å². The molecule has 0 radical (unpaired) electrons. The summed E-state index contributed by atoms with van der Waals surface area (Å²) in [5, 5.41) is 0. The maximum atomic E-state index is 12.4. The fourth-order valence-corrected chi connectivity index (χ4v) is 4.87. The second-order valence-electron chi connectivity index (χ2n) is 7.92. The molecule has 2 heterocycles. The van der Waals surface area contributed by atoms with Crippen LogP contribution in [0, 0.1) is 5.92 Å². The van der Waals surface area contributed by atoms with Crippen molar-refractivity contribution in [1.29, 1.82) is 0 Å². The fraction of sp³-hybridized carbons (Fsp3) is 0.600. The molecule has 0 bridgehead atoms. The van der Waals surface area contributed by atoms with Crippen molar-refractivity contribution in [2.24, 2.45) is 5.92 Å². The van der Waals surface area contributed by atoms with Crippen molar-refractivity contribution < 1.29 is 23.8 Å². The van der Waals surface area contributed by atoms with Gasteiger partial charge in [-0.15, -0.1) is 0 Å². The summed E-state index contributed by atoms with van der Waals surface area (Å²) in [6.07, 6.45) is 3.05. The number of ether oxygens (including phenoxy) is 3. The Labute approximate surface area is 147 Å². The van der Waals surface area contributed by atoms with E-state index in [0.717, 1.165) is 19.3 Å². The van der Waals surface area contributed by atoms with Crippen LogP contribution in [-0.4, -0.2) is 35.3 Å². The molecular formula is C20H24O5. The zero-order chi connectivity index (χ0) is 17.7. The minimum Gasteiger partial charge on any atom is -0.459 e. The van der Waals surface area contributed by atoms with Gasteiger partial charge in [-0.3, -0.25) is 4.79 Å². The lowest BCUT2D eigenvalue weighted by atomic mass is 9.74. The van der Waals surface area contributed by atoms with Crippen molar-refractivity contribution in [3.63, 3.8) is 0 Å². The predicted molar refractivity (Wildman–Crippen MR) is 90.0 cm³/mol. The van der Waals surface area contributed by atoms with Crippen molar-refractivity contribution in [2.75, 3.05) is 0 Å². The summed E-state index contributed by atoms with van der Waals surface area (Å²) in [7, 11) is 0. The molecular weight excluding hydrogens is 320 g/mol. The van der Waals surface area contributed by atoms with Crippen LogP contribution in [0.15, 0.2) is 30.3 Å². The maximum absolute atomic E-state index is 12.4. The topological polar surface area (TPSA) is 61.8 Å². The van der Waals surface area contributed by atoms with Gasteiger partial charge in [0.1, 0.15) is 17.8 Å². The molecule has 3 aliphatic rings. The second kappa shape index (κ2) is 5.84. The van der Waals surface area contributed by atoms with Crippen molar-refractivity contribution in [3.05, 3.63) is 35.9 Å². The molecule has 3 fully saturated rings. The van der Waals surface area contributed by atoms with E-state index in [1.54, 1.807) is 12.1 Å². The quantitative estimate of drug-likeness (QED) is 0.771. The van der Waals surface area contributed by atoms with Gasteiger partial charge in [-0.2, -0.15) is 0 Å². The van der Waals surface area contributed by atoms with E-state index < -0.39 is 11.2 Å². The Bertz CT molecular complexity index is 683. The Kier molecular flexibility index (Phi) is 3.87. The minimum absolute atomic E-state index is 0.0347.